The van der Waals surface area contributed by atoms with E-state index in [0.29, 0.717) is 10.7 Å². The molecule has 2 atom stereocenters. The molecule has 0 aromatic heterocycles. The Kier molecular flexibility index (Phi) is 5.02. The molecule has 1 saturated heterocycles. The quantitative estimate of drug-likeness (QED) is 0.849. The lowest BCUT2D eigenvalue weighted by molar-refractivity contribution is -0.132. The number of piperazine rings is 1. The summed E-state index contributed by atoms with van der Waals surface area (Å²) in [5.41, 5.74) is 0.402. The van der Waals surface area contributed by atoms with Crippen LogP contribution in [-0.4, -0.2) is 24.4 Å². The average molecular weight is 350 g/mol. The lowest BCUT2D eigenvalue weighted by atomic mass is 9.96. The number of anilines is 1. The summed E-state index contributed by atoms with van der Waals surface area (Å²) >= 11 is 18.0. The summed E-state index contributed by atoms with van der Waals surface area (Å²) in [5, 5.41) is 3.61. The van der Waals surface area contributed by atoms with Gasteiger partial charge in [-0.2, -0.15) is 0 Å². The molecule has 2 amide bonds. The Balaban J connectivity index is 2.40. The molecule has 1 aromatic rings. The first-order valence-corrected chi connectivity index (χ1v) is 7.73. The average Bonchev–Trinajstić information content (AvgIpc) is 2.44. The van der Waals surface area contributed by atoms with Crippen LogP contribution in [0.1, 0.15) is 20.3 Å². The second-order valence-electron chi connectivity index (χ2n) is 5.07. The van der Waals surface area contributed by atoms with E-state index in [9.17, 15) is 9.59 Å². The summed E-state index contributed by atoms with van der Waals surface area (Å²) in [6.45, 7) is 3.81. The van der Waals surface area contributed by atoms with Gasteiger partial charge in [0.25, 0.3) is 0 Å². The van der Waals surface area contributed by atoms with Gasteiger partial charge in [0.15, 0.2) is 0 Å². The number of benzene rings is 1. The van der Waals surface area contributed by atoms with Gasteiger partial charge in [-0.15, -0.1) is 0 Å². The molecular formula is C14H15Cl3N2O2. The SMILES string of the molecule is CCC(C)C1NC(=O)CN(c2cc(Cl)c(Cl)cc2Cl)C1=O. The molecular weight excluding hydrogens is 335 g/mol. The zero-order valence-corrected chi connectivity index (χ0v) is 13.9. The van der Waals surface area contributed by atoms with Gasteiger partial charge in [-0.05, 0) is 18.1 Å². The molecule has 1 N–H and O–H groups in total. The van der Waals surface area contributed by atoms with Crippen molar-refractivity contribution in [3.8, 4) is 0 Å². The monoisotopic (exact) mass is 348 g/mol. The molecule has 2 unspecified atom stereocenters. The fourth-order valence-electron chi connectivity index (χ4n) is 2.21. The summed E-state index contributed by atoms with van der Waals surface area (Å²) in [4.78, 5) is 25.8. The number of amides is 2. The number of halogens is 3. The summed E-state index contributed by atoms with van der Waals surface area (Å²) < 4.78 is 0. The maximum Gasteiger partial charge on any atom is 0.250 e. The molecule has 0 bridgehead atoms. The van der Waals surface area contributed by atoms with Gasteiger partial charge in [-0.1, -0.05) is 55.1 Å². The largest absolute Gasteiger partial charge is 0.342 e. The first kappa shape index (κ1) is 16.4. The van der Waals surface area contributed by atoms with Crippen molar-refractivity contribution < 1.29 is 9.59 Å². The fourth-order valence-corrected chi connectivity index (χ4v) is 2.86. The molecule has 114 valence electrons. The molecule has 0 saturated carbocycles. The van der Waals surface area contributed by atoms with Crippen LogP contribution in [0.2, 0.25) is 15.1 Å². The van der Waals surface area contributed by atoms with Gasteiger partial charge in [0, 0.05) is 0 Å². The Bertz CT molecular complexity index is 592. The van der Waals surface area contributed by atoms with E-state index in [0.717, 1.165) is 6.42 Å². The predicted octanol–water partition coefficient (Wildman–Crippen LogP) is 3.52. The Morgan fingerprint density at radius 1 is 1.24 bits per heavy atom. The second kappa shape index (κ2) is 6.42. The molecule has 21 heavy (non-hydrogen) atoms. The van der Waals surface area contributed by atoms with E-state index in [1.807, 2.05) is 13.8 Å². The Labute approximate surface area is 138 Å². The maximum absolute atomic E-state index is 12.6. The number of nitrogens with one attached hydrogen (secondary N) is 1. The molecule has 0 radical (unpaired) electrons. The third-order valence-corrected chi connectivity index (χ3v) is 4.67. The molecule has 0 spiro atoms. The van der Waals surface area contributed by atoms with Gasteiger partial charge in [-0.3, -0.25) is 14.5 Å². The molecule has 7 heteroatoms. The number of carbonyl (C=O) groups excluding carboxylic acids is 2. The van der Waals surface area contributed by atoms with Gasteiger partial charge in [0.05, 0.1) is 20.8 Å². The Morgan fingerprint density at radius 3 is 2.48 bits per heavy atom. The van der Waals surface area contributed by atoms with Crippen LogP contribution >= 0.6 is 34.8 Å². The van der Waals surface area contributed by atoms with E-state index in [1.54, 1.807) is 0 Å². The van der Waals surface area contributed by atoms with Crippen LogP contribution in [-0.2, 0) is 9.59 Å². The van der Waals surface area contributed by atoms with Crippen LogP contribution in [0.4, 0.5) is 5.69 Å². The first-order chi connectivity index (χ1) is 9.85. The highest BCUT2D eigenvalue weighted by Gasteiger charge is 2.37. The highest BCUT2D eigenvalue weighted by atomic mass is 35.5. The van der Waals surface area contributed by atoms with Crippen molar-refractivity contribution in [2.75, 3.05) is 11.4 Å². The maximum atomic E-state index is 12.6. The van der Waals surface area contributed by atoms with Crippen molar-refractivity contribution >= 4 is 52.3 Å². The number of hydrogen-bond donors (Lipinski definition) is 1. The van der Waals surface area contributed by atoms with E-state index in [4.69, 9.17) is 34.8 Å². The Hall–Kier alpha value is -0.970. The minimum absolute atomic E-state index is 0.0331. The fraction of sp³-hybridized carbons (Fsp3) is 0.429. The van der Waals surface area contributed by atoms with Crippen molar-refractivity contribution in [3.05, 3.63) is 27.2 Å². The second-order valence-corrected chi connectivity index (χ2v) is 6.29. The number of hydrogen-bond acceptors (Lipinski definition) is 2. The minimum atomic E-state index is -0.554. The minimum Gasteiger partial charge on any atom is -0.342 e. The summed E-state index contributed by atoms with van der Waals surface area (Å²) in [6.07, 6.45) is 0.777. The number of rotatable bonds is 3. The molecule has 4 nitrogen and oxygen atoms in total. The smallest absolute Gasteiger partial charge is 0.250 e. The van der Waals surface area contributed by atoms with Gasteiger partial charge in [-0.25, -0.2) is 0 Å². The van der Waals surface area contributed by atoms with Crippen molar-refractivity contribution in [2.24, 2.45) is 5.92 Å². The van der Waals surface area contributed by atoms with Crippen molar-refractivity contribution in [2.45, 2.75) is 26.3 Å². The molecule has 1 aromatic carbocycles. The lowest BCUT2D eigenvalue weighted by Crippen LogP contribution is -2.60. The highest BCUT2D eigenvalue weighted by molar-refractivity contribution is 6.44. The van der Waals surface area contributed by atoms with Gasteiger partial charge in [0.2, 0.25) is 11.8 Å². The van der Waals surface area contributed by atoms with Gasteiger partial charge in [0.1, 0.15) is 12.6 Å². The van der Waals surface area contributed by atoms with E-state index in [2.05, 4.69) is 5.32 Å². The molecule has 1 aliphatic heterocycles. The third-order valence-electron chi connectivity index (χ3n) is 3.64. The zero-order chi connectivity index (χ0) is 15.7. The zero-order valence-electron chi connectivity index (χ0n) is 11.6. The van der Waals surface area contributed by atoms with E-state index in [1.165, 1.54) is 17.0 Å². The van der Waals surface area contributed by atoms with Crippen LogP contribution in [0.5, 0.6) is 0 Å². The van der Waals surface area contributed by atoms with Gasteiger partial charge < -0.3 is 5.32 Å². The number of nitrogens with zero attached hydrogens (tertiary/aromatic N) is 1. The van der Waals surface area contributed by atoms with Crippen molar-refractivity contribution in [3.63, 3.8) is 0 Å². The van der Waals surface area contributed by atoms with Crippen LogP contribution < -0.4 is 10.2 Å². The molecule has 0 aliphatic carbocycles. The summed E-state index contributed by atoms with van der Waals surface area (Å²) in [7, 11) is 0. The standard InChI is InChI=1S/C14H15Cl3N2O2/c1-3-7(2)13-14(21)19(6-12(20)18-13)11-5-9(16)8(15)4-10(11)17/h4-5,7,13H,3,6H2,1-2H3,(H,18,20). The normalized spacial score (nSPS) is 20.4. The van der Waals surface area contributed by atoms with Gasteiger partial charge >= 0.3 is 0 Å². The van der Waals surface area contributed by atoms with E-state index < -0.39 is 6.04 Å². The molecule has 1 aliphatic rings. The van der Waals surface area contributed by atoms with Crippen molar-refractivity contribution in [1.82, 2.24) is 5.32 Å². The van der Waals surface area contributed by atoms with Crippen LogP contribution in [0.3, 0.4) is 0 Å². The van der Waals surface area contributed by atoms with E-state index >= 15 is 0 Å². The topological polar surface area (TPSA) is 49.4 Å². The first-order valence-electron chi connectivity index (χ1n) is 6.60. The number of carbonyl (C=O) groups is 2. The van der Waals surface area contributed by atoms with Crippen molar-refractivity contribution in [1.29, 1.82) is 0 Å². The van der Waals surface area contributed by atoms with Crippen LogP contribution in [0, 0.1) is 5.92 Å². The van der Waals surface area contributed by atoms with Crippen LogP contribution in [0.25, 0.3) is 0 Å². The highest BCUT2D eigenvalue weighted by Crippen LogP contribution is 2.35. The van der Waals surface area contributed by atoms with Crippen LogP contribution in [0.15, 0.2) is 12.1 Å². The molecule has 2 rings (SSSR count). The summed E-state index contributed by atoms with van der Waals surface area (Å²) in [5.74, 6) is -0.378. The predicted molar refractivity (Wildman–Crippen MR) is 85.2 cm³/mol. The molecule has 1 fully saturated rings. The summed E-state index contributed by atoms with van der Waals surface area (Å²) in [6, 6.07) is 2.43. The Morgan fingerprint density at radius 2 is 1.86 bits per heavy atom. The molecule has 1 heterocycles. The third kappa shape index (κ3) is 3.28. The van der Waals surface area contributed by atoms with E-state index in [-0.39, 0.29) is 34.3 Å². The lowest BCUT2D eigenvalue weighted by Gasteiger charge is -2.35.